The van der Waals surface area contributed by atoms with Crippen molar-refractivity contribution in [2.75, 3.05) is 18.1 Å². The van der Waals surface area contributed by atoms with E-state index < -0.39 is 40.9 Å². The molecule has 0 amide bonds. The smallest absolute Gasteiger partial charge is 0.318 e. The van der Waals surface area contributed by atoms with Gasteiger partial charge in [-0.15, -0.1) is 0 Å². The van der Waals surface area contributed by atoms with E-state index in [-0.39, 0.29) is 30.1 Å². The van der Waals surface area contributed by atoms with E-state index in [0.29, 0.717) is 12.1 Å². The number of hydrogen-bond donors (Lipinski definition) is 0. The Morgan fingerprint density at radius 1 is 1.08 bits per heavy atom. The summed E-state index contributed by atoms with van der Waals surface area (Å²) < 4.78 is 59.6. The van der Waals surface area contributed by atoms with E-state index in [1.165, 1.54) is 0 Å². The van der Waals surface area contributed by atoms with Gasteiger partial charge in [0.25, 0.3) is 0 Å². The second kappa shape index (κ2) is 6.78. The van der Waals surface area contributed by atoms with Gasteiger partial charge in [-0.25, -0.2) is 17.6 Å². The number of ether oxygens (including phenoxy) is 1. The molecule has 0 N–H and O–H groups in total. The fourth-order valence-electron chi connectivity index (χ4n) is 2.86. The van der Waals surface area contributed by atoms with Gasteiger partial charge in [0.15, 0.2) is 17.4 Å². The summed E-state index contributed by atoms with van der Waals surface area (Å²) in [5.74, 6) is -7.28. The molecule has 1 aliphatic rings. The molecular weight excluding hydrogens is 354 g/mol. The van der Waals surface area contributed by atoms with E-state index in [9.17, 15) is 27.2 Å². The standard InChI is InChI=1S/C18H13F4NO3/c1-2-26-18(25)11-8-23(15-4-3-9(19)5-14(15)22)16-7-13(21)12(20)6-10(16)17(11)24/h3-7,11H,2,8H2,1H3. The fourth-order valence-corrected chi connectivity index (χ4v) is 2.86. The van der Waals surface area contributed by atoms with Crippen LogP contribution >= 0.6 is 0 Å². The lowest BCUT2D eigenvalue weighted by Gasteiger charge is -2.34. The molecule has 2 aromatic carbocycles. The summed E-state index contributed by atoms with van der Waals surface area (Å²) in [5, 5.41) is 0. The van der Waals surface area contributed by atoms with Crippen LogP contribution in [0, 0.1) is 29.2 Å². The van der Waals surface area contributed by atoms with E-state index in [1.807, 2.05) is 0 Å². The summed E-state index contributed by atoms with van der Waals surface area (Å²) >= 11 is 0. The molecule has 3 rings (SSSR count). The van der Waals surface area contributed by atoms with Crippen LogP contribution in [0.2, 0.25) is 0 Å². The van der Waals surface area contributed by atoms with Gasteiger partial charge in [-0.1, -0.05) is 0 Å². The maximum Gasteiger partial charge on any atom is 0.318 e. The van der Waals surface area contributed by atoms with Gasteiger partial charge in [0, 0.05) is 24.2 Å². The summed E-state index contributed by atoms with van der Waals surface area (Å²) in [5.41, 5.74) is -0.572. The zero-order chi connectivity index (χ0) is 19.0. The molecule has 0 fully saturated rings. The summed E-state index contributed by atoms with van der Waals surface area (Å²) in [6, 6.07) is 4.09. The van der Waals surface area contributed by atoms with Crippen LogP contribution in [0.3, 0.4) is 0 Å². The average molecular weight is 367 g/mol. The molecule has 0 saturated heterocycles. The maximum absolute atomic E-state index is 14.2. The minimum atomic E-state index is -1.35. The number of carbonyl (C=O) groups excluding carboxylic acids is 2. The van der Waals surface area contributed by atoms with E-state index >= 15 is 0 Å². The molecule has 4 nitrogen and oxygen atoms in total. The number of benzene rings is 2. The molecule has 1 unspecified atom stereocenters. The Hall–Kier alpha value is -2.90. The van der Waals surface area contributed by atoms with Crippen LogP contribution in [0.15, 0.2) is 30.3 Å². The van der Waals surface area contributed by atoms with Gasteiger partial charge in [-0.2, -0.15) is 0 Å². The van der Waals surface area contributed by atoms with Gasteiger partial charge in [-0.05, 0) is 25.1 Å². The van der Waals surface area contributed by atoms with Crippen molar-refractivity contribution in [3.8, 4) is 0 Å². The topological polar surface area (TPSA) is 46.6 Å². The molecule has 0 saturated carbocycles. The van der Waals surface area contributed by atoms with Crippen molar-refractivity contribution in [3.05, 3.63) is 59.2 Å². The Kier molecular flexibility index (Phi) is 4.67. The number of anilines is 2. The lowest BCUT2D eigenvalue weighted by atomic mass is 9.90. The Morgan fingerprint density at radius 2 is 1.77 bits per heavy atom. The minimum absolute atomic E-state index is 0.0121. The van der Waals surface area contributed by atoms with Gasteiger partial charge in [0.1, 0.15) is 17.6 Å². The average Bonchev–Trinajstić information content (AvgIpc) is 2.58. The Balaban J connectivity index is 2.17. The first-order valence-electron chi connectivity index (χ1n) is 7.76. The van der Waals surface area contributed by atoms with Crippen molar-refractivity contribution < 1.29 is 31.9 Å². The predicted octanol–water partition coefficient (Wildman–Crippen LogP) is 3.76. The van der Waals surface area contributed by atoms with Crippen LogP contribution in [0.25, 0.3) is 0 Å². The molecule has 136 valence electrons. The van der Waals surface area contributed by atoms with Crippen LogP contribution < -0.4 is 4.90 Å². The first-order chi connectivity index (χ1) is 12.3. The van der Waals surface area contributed by atoms with Gasteiger partial charge >= 0.3 is 5.97 Å². The highest BCUT2D eigenvalue weighted by Gasteiger charge is 2.39. The van der Waals surface area contributed by atoms with Gasteiger partial charge in [-0.3, -0.25) is 9.59 Å². The third kappa shape index (κ3) is 3.02. The number of nitrogens with zero attached hydrogens (tertiary/aromatic N) is 1. The van der Waals surface area contributed by atoms with Crippen molar-refractivity contribution >= 4 is 23.1 Å². The number of fused-ring (bicyclic) bond motifs is 1. The molecule has 0 spiro atoms. The summed E-state index contributed by atoms with van der Waals surface area (Å²) in [7, 11) is 0. The number of hydrogen-bond acceptors (Lipinski definition) is 4. The van der Waals surface area contributed by atoms with Gasteiger partial charge < -0.3 is 9.64 Å². The number of carbonyl (C=O) groups is 2. The second-order valence-corrected chi connectivity index (χ2v) is 5.66. The monoisotopic (exact) mass is 367 g/mol. The quantitative estimate of drug-likeness (QED) is 0.471. The molecule has 0 aromatic heterocycles. The molecule has 2 aromatic rings. The molecule has 1 aliphatic heterocycles. The third-order valence-corrected chi connectivity index (χ3v) is 4.05. The maximum atomic E-state index is 14.2. The van der Waals surface area contributed by atoms with Crippen molar-refractivity contribution in [1.82, 2.24) is 0 Å². The highest BCUT2D eigenvalue weighted by Crippen LogP contribution is 2.38. The fraction of sp³-hybridized carbons (Fsp3) is 0.222. The first kappa shape index (κ1) is 17.9. The first-order valence-corrected chi connectivity index (χ1v) is 7.76. The van der Waals surface area contributed by atoms with E-state index in [1.54, 1.807) is 6.92 Å². The van der Waals surface area contributed by atoms with Crippen molar-refractivity contribution in [3.63, 3.8) is 0 Å². The lowest BCUT2D eigenvalue weighted by Crippen LogP contribution is -2.42. The molecule has 0 aliphatic carbocycles. The van der Waals surface area contributed by atoms with Gasteiger partial charge in [0.05, 0.1) is 18.0 Å². The zero-order valence-electron chi connectivity index (χ0n) is 13.6. The normalized spacial score (nSPS) is 16.4. The summed E-state index contributed by atoms with van der Waals surface area (Å²) in [4.78, 5) is 25.8. The van der Waals surface area contributed by atoms with E-state index in [4.69, 9.17) is 4.74 Å². The molecule has 0 radical (unpaired) electrons. The zero-order valence-corrected chi connectivity index (χ0v) is 13.6. The molecular formula is C18H13F4NO3. The third-order valence-electron chi connectivity index (χ3n) is 4.05. The SMILES string of the molecule is CCOC(=O)C1CN(c2ccc(F)cc2F)c2cc(F)c(F)cc2C1=O. The molecule has 0 bridgehead atoms. The van der Waals surface area contributed by atoms with Crippen LogP contribution in [-0.2, 0) is 9.53 Å². The Morgan fingerprint density at radius 3 is 2.42 bits per heavy atom. The highest BCUT2D eigenvalue weighted by molar-refractivity contribution is 6.14. The number of rotatable bonds is 3. The predicted molar refractivity (Wildman–Crippen MR) is 84.2 cm³/mol. The number of esters is 1. The largest absolute Gasteiger partial charge is 0.465 e. The molecule has 8 heteroatoms. The van der Waals surface area contributed by atoms with Crippen molar-refractivity contribution in [2.45, 2.75) is 6.92 Å². The van der Waals surface area contributed by atoms with E-state index in [2.05, 4.69) is 0 Å². The Labute approximate surface area is 146 Å². The number of Topliss-reactive ketones (excluding diaryl/α,β-unsaturated/α-hetero) is 1. The molecule has 26 heavy (non-hydrogen) atoms. The van der Waals surface area contributed by atoms with Crippen molar-refractivity contribution in [2.24, 2.45) is 5.92 Å². The van der Waals surface area contributed by atoms with Crippen LogP contribution in [0.4, 0.5) is 28.9 Å². The molecule has 1 heterocycles. The van der Waals surface area contributed by atoms with Crippen LogP contribution in [0.5, 0.6) is 0 Å². The number of halogens is 4. The van der Waals surface area contributed by atoms with Crippen molar-refractivity contribution in [1.29, 1.82) is 0 Å². The summed E-state index contributed by atoms with van der Waals surface area (Å²) in [6.45, 7) is 1.21. The number of ketones is 1. The lowest BCUT2D eigenvalue weighted by molar-refractivity contribution is -0.145. The second-order valence-electron chi connectivity index (χ2n) is 5.66. The van der Waals surface area contributed by atoms with Crippen LogP contribution in [0.1, 0.15) is 17.3 Å². The highest BCUT2D eigenvalue weighted by atomic mass is 19.2. The molecule has 1 atom stereocenters. The van der Waals surface area contributed by atoms with Crippen LogP contribution in [-0.4, -0.2) is 24.9 Å². The van der Waals surface area contributed by atoms with Gasteiger partial charge in [0.2, 0.25) is 0 Å². The minimum Gasteiger partial charge on any atom is -0.465 e. The Bertz CT molecular complexity index is 900. The summed E-state index contributed by atoms with van der Waals surface area (Å²) in [6.07, 6.45) is 0. The van der Waals surface area contributed by atoms with E-state index in [0.717, 1.165) is 23.1 Å².